The normalized spacial score (nSPS) is 28.6. The van der Waals surface area contributed by atoms with Crippen LogP contribution in [0.1, 0.15) is 57.8 Å². The van der Waals surface area contributed by atoms with E-state index in [4.69, 9.17) is 0 Å². The molecule has 2 saturated carbocycles. The fraction of sp³-hybridized carbons (Fsp3) is 0.938. The van der Waals surface area contributed by atoms with E-state index in [9.17, 15) is 18.3 Å². The van der Waals surface area contributed by atoms with E-state index >= 15 is 0 Å². The summed E-state index contributed by atoms with van der Waals surface area (Å²) in [4.78, 5) is 14.3. The van der Waals surface area contributed by atoms with Gasteiger partial charge in [0, 0.05) is 25.6 Å². The standard InChI is InChI=1S/C16H28N2O4S/c19-15(13-5-1-2-6-13)18-10-3-7-14(11-18)23(21,22)17-12-16(20)8-4-9-16/h13-14,17,20H,1-12H2. The molecule has 0 aromatic rings. The minimum absolute atomic E-state index is 0.0973. The number of sulfonamides is 1. The fourth-order valence-electron chi connectivity index (χ4n) is 3.94. The topological polar surface area (TPSA) is 86.7 Å². The van der Waals surface area contributed by atoms with Crippen LogP contribution >= 0.6 is 0 Å². The molecule has 0 aromatic carbocycles. The molecule has 1 saturated heterocycles. The molecule has 1 atom stereocenters. The van der Waals surface area contributed by atoms with E-state index in [1.165, 1.54) is 0 Å². The molecule has 132 valence electrons. The van der Waals surface area contributed by atoms with Gasteiger partial charge in [-0.2, -0.15) is 0 Å². The van der Waals surface area contributed by atoms with Gasteiger partial charge in [0.15, 0.2) is 0 Å². The van der Waals surface area contributed by atoms with Crippen LogP contribution in [0, 0.1) is 5.92 Å². The van der Waals surface area contributed by atoms with Crippen molar-refractivity contribution in [1.82, 2.24) is 9.62 Å². The molecule has 0 aromatic heterocycles. The lowest BCUT2D eigenvalue weighted by Gasteiger charge is -2.38. The number of hydrogen-bond donors (Lipinski definition) is 2. The van der Waals surface area contributed by atoms with Crippen molar-refractivity contribution in [2.45, 2.75) is 68.6 Å². The zero-order chi connectivity index (χ0) is 16.5. The summed E-state index contributed by atoms with van der Waals surface area (Å²) in [6, 6.07) is 0. The van der Waals surface area contributed by atoms with Gasteiger partial charge in [-0.3, -0.25) is 4.79 Å². The molecular weight excluding hydrogens is 316 g/mol. The Kier molecular flexibility index (Phi) is 4.99. The first kappa shape index (κ1) is 17.2. The average Bonchev–Trinajstić information content (AvgIpc) is 3.05. The second-order valence-corrected chi connectivity index (χ2v) is 9.52. The number of likely N-dealkylation sites (tertiary alicyclic amines) is 1. The van der Waals surface area contributed by atoms with Crippen molar-refractivity contribution in [3.8, 4) is 0 Å². The summed E-state index contributed by atoms with van der Waals surface area (Å²) in [5.41, 5.74) is -0.860. The highest BCUT2D eigenvalue weighted by atomic mass is 32.2. The van der Waals surface area contributed by atoms with Gasteiger partial charge in [0.1, 0.15) is 0 Å². The number of hydrogen-bond acceptors (Lipinski definition) is 4. The van der Waals surface area contributed by atoms with Gasteiger partial charge >= 0.3 is 0 Å². The highest BCUT2D eigenvalue weighted by Gasteiger charge is 2.39. The maximum Gasteiger partial charge on any atom is 0.225 e. The van der Waals surface area contributed by atoms with Crippen LogP contribution < -0.4 is 4.72 Å². The molecule has 1 unspecified atom stereocenters. The lowest BCUT2D eigenvalue weighted by Crippen LogP contribution is -2.53. The molecule has 0 spiro atoms. The van der Waals surface area contributed by atoms with Gasteiger partial charge in [0.2, 0.25) is 15.9 Å². The zero-order valence-electron chi connectivity index (χ0n) is 13.7. The number of carbonyl (C=O) groups is 1. The van der Waals surface area contributed by atoms with Crippen molar-refractivity contribution in [2.24, 2.45) is 5.92 Å². The van der Waals surface area contributed by atoms with E-state index < -0.39 is 20.9 Å². The van der Waals surface area contributed by atoms with Crippen molar-refractivity contribution in [3.63, 3.8) is 0 Å². The molecule has 23 heavy (non-hydrogen) atoms. The summed E-state index contributed by atoms with van der Waals surface area (Å²) in [6.07, 6.45) is 7.68. The molecule has 3 aliphatic rings. The quantitative estimate of drug-likeness (QED) is 0.779. The number of nitrogens with one attached hydrogen (secondary N) is 1. The van der Waals surface area contributed by atoms with Crippen LogP contribution in [0.15, 0.2) is 0 Å². The molecule has 7 heteroatoms. The lowest BCUT2D eigenvalue weighted by atomic mass is 9.81. The predicted octanol–water partition coefficient (Wildman–Crippen LogP) is 1.00. The van der Waals surface area contributed by atoms with E-state index in [-0.39, 0.29) is 18.4 Å². The minimum atomic E-state index is -3.49. The number of carbonyl (C=O) groups excluding carboxylic acids is 1. The Morgan fingerprint density at radius 1 is 1.13 bits per heavy atom. The molecule has 6 nitrogen and oxygen atoms in total. The lowest BCUT2D eigenvalue weighted by molar-refractivity contribution is -0.136. The Hall–Kier alpha value is -0.660. The monoisotopic (exact) mass is 344 g/mol. The number of amides is 1. The highest BCUT2D eigenvalue weighted by Crippen LogP contribution is 2.31. The summed E-state index contributed by atoms with van der Waals surface area (Å²) < 4.78 is 27.6. The Balaban J connectivity index is 1.57. The Morgan fingerprint density at radius 3 is 2.43 bits per heavy atom. The van der Waals surface area contributed by atoms with Crippen LogP contribution in [0.5, 0.6) is 0 Å². The van der Waals surface area contributed by atoms with Gasteiger partial charge in [-0.25, -0.2) is 13.1 Å². The predicted molar refractivity (Wildman–Crippen MR) is 87.3 cm³/mol. The minimum Gasteiger partial charge on any atom is -0.389 e. The molecule has 2 aliphatic carbocycles. The van der Waals surface area contributed by atoms with E-state index in [0.29, 0.717) is 32.4 Å². The van der Waals surface area contributed by atoms with E-state index in [1.807, 2.05) is 0 Å². The molecule has 0 radical (unpaired) electrons. The summed E-state index contributed by atoms with van der Waals surface area (Å²) >= 11 is 0. The third-order valence-electron chi connectivity index (χ3n) is 5.72. The fourth-order valence-corrected chi connectivity index (χ4v) is 5.50. The molecule has 0 bridgehead atoms. The third-order valence-corrected chi connectivity index (χ3v) is 7.53. The Morgan fingerprint density at radius 2 is 1.83 bits per heavy atom. The molecular formula is C16H28N2O4S. The average molecular weight is 344 g/mol. The maximum atomic E-state index is 12.5. The van der Waals surface area contributed by atoms with Crippen molar-refractivity contribution in [1.29, 1.82) is 0 Å². The van der Waals surface area contributed by atoms with E-state index in [2.05, 4.69) is 4.72 Å². The first-order valence-electron chi connectivity index (χ1n) is 8.89. The number of nitrogens with zero attached hydrogens (tertiary/aromatic N) is 1. The van der Waals surface area contributed by atoms with Crippen LogP contribution in [0.2, 0.25) is 0 Å². The molecule has 1 heterocycles. The SMILES string of the molecule is O=C(C1CCCC1)N1CCCC(S(=O)(=O)NCC2(O)CCC2)C1. The summed E-state index contributed by atoms with van der Waals surface area (Å²) in [7, 11) is -3.49. The zero-order valence-corrected chi connectivity index (χ0v) is 14.5. The molecule has 2 N–H and O–H groups in total. The number of piperidine rings is 1. The number of aliphatic hydroxyl groups is 1. The van der Waals surface area contributed by atoms with Gasteiger partial charge in [0.25, 0.3) is 0 Å². The van der Waals surface area contributed by atoms with Gasteiger partial charge < -0.3 is 10.0 Å². The second-order valence-electron chi connectivity index (χ2n) is 7.47. The van der Waals surface area contributed by atoms with Crippen LogP contribution in [-0.2, 0) is 14.8 Å². The van der Waals surface area contributed by atoms with Gasteiger partial charge in [-0.05, 0) is 44.9 Å². The summed E-state index contributed by atoms with van der Waals surface area (Å²) in [5.74, 6) is 0.236. The van der Waals surface area contributed by atoms with Crippen molar-refractivity contribution in [3.05, 3.63) is 0 Å². The van der Waals surface area contributed by atoms with Crippen molar-refractivity contribution < 1.29 is 18.3 Å². The molecule has 3 fully saturated rings. The summed E-state index contributed by atoms with van der Waals surface area (Å²) in [6.45, 7) is 1.07. The first-order valence-corrected chi connectivity index (χ1v) is 10.4. The Labute approximate surface area is 138 Å². The summed E-state index contributed by atoms with van der Waals surface area (Å²) in [5, 5.41) is 9.51. The van der Waals surface area contributed by atoms with Crippen molar-refractivity contribution in [2.75, 3.05) is 19.6 Å². The van der Waals surface area contributed by atoms with Crippen LogP contribution in [0.3, 0.4) is 0 Å². The second kappa shape index (κ2) is 6.69. The van der Waals surface area contributed by atoms with Crippen LogP contribution in [-0.4, -0.2) is 54.8 Å². The van der Waals surface area contributed by atoms with E-state index in [0.717, 1.165) is 38.5 Å². The van der Waals surface area contributed by atoms with Crippen molar-refractivity contribution >= 4 is 15.9 Å². The van der Waals surface area contributed by atoms with Gasteiger partial charge in [-0.1, -0.05) is 12.8 Å². The first-order chi connectivity index (χ1) is 10.9. The molecule has 1 amide bonds. The smallest absolute Gasteiger partial charge is 0.225 e. The van der Waals surface area contributed by atoms with Gasteiger partial charge in [-0.15, -0.1) is 0 Å². The van der Waals surface area contributed by atoms with Crippen LogP contribution in [0.25, 0.3) is 0 Å². The molecule has 3 rings (SSSR count). The number of rotatable bonds is 5. The largest absolute Gasteiger partial charge is 0.389 e. The third kappa shape index (κ3) is 3.88. The molecule has 1 aliphatic heterocycles. The Bertz CT molecular complexity index is 538. The van der Waals surface area contributed by atoms with Gasteiger partial charge in [0.05, 0.1) is 10.9 Å². The maximum absolute atomic E-state index is 12.5. The highest BCUT2D eigenvalue weighted by molar-refractivity contribution is 7.90. The van der Waals surface area contributed by atoms with E-state index in [1.54, 1.807) is 4.90 Å². The van der Waals surface area contributed by atoms with Crippen LogP contribution in [0.4, 0.5) is 0 Å².